The molecule has 1 aromatic carbocycles. The first-order valence-electron chi connectivity index (χ1n) is 4.82. The van der Waals surface area contributed by atoms with Gasteiger partial charge in [0.15, 0.2) is 0 Å². The Hall–Kier alpha value is -1.70. The Kier molecular flexibility index (Phi) is 2.27. The van der Waals surface area contributed by atoms with E-state index in [1.54, 1.807) is 0 Å². The van der Waals surface area contributed by atoms with Crippen molar-refractivity contribution in [3.8, 4) is 0 Å². The van der Waals surface area contributed by atoms with E-state index in [2.05, 4.69) is 60.0 Å². The second-order valence-electron chi connectivity index (χ2n) is 3.65. The van der Waals surface area contributed by atoms with Crippen LogP contribution in [0, 0.1) is 6.92 Å². The molecule has 3 radical (unpaired) electrons. The molecule has 2 aromatic heterocycles. The lowest BCUT2D eigenvalue weighted by Crippen LogP contribution is -1.88. The zero-order valence-electron chi connectivity index (χ0n) is 8.64. The van der Waals surface area contributed by atoms with Crippen molar-refractivity contribution in [2.45, 2.75) is 6.92 Å². The van der Waals surface area contributed by atoms with Crippen LogP contribution in [-0.2, 0) is 0 Å². The minimum atomic E-state index is 0. The summed E-state index contributed by atoms with van der Waals surface area (Å²) in [5.74, 6) is 0. The molecular weight excluding hydrogens is 181 g/mol. The summed E-state index contributed by atoms with van der Waals surface area (Å²) in [6.07, 6.45) is 2.12. The van der Waals surface area contributed by atoms with Gasteiger partial charge in [-0.15, -0.1) is 0 Å². The molecule has 0 unspecified atom stereocenters. The van der Waals surface area contributed by atoms with Gasteiger partial charge in [-0.3, -0.25) is 0 Å². The lowest BCUT2D eigenvalue weighted by molar-refractivity contribution is 1.25. The van der Waals surface area contributed by atoms with Crippen molar-refractivity contribution in [2.24, 2.45) is 0 Å². The second-order valence-corrected chi connectivity index (χ2v) is 3.65. The van der Waals surface area contributed by atoms with E-state index in [0.717, 1.165) is 0 Å². The van der Waals surface area contributed by atoms with Gasteiger partial charge in [0.05, 0.1) is 5.52 Å². The normalized spacial score (nSPS) is 10.5. The highest BCUT2D eigenvalue weighted by atomic mass is 14.9. The van der Waals surface area contributed by atoms with Crippen LogP contribution in [0.4, 0.5) is 0 Å². The van der Waals surface area contributed by atoms with Crippen LogP contribution in [-0.4, -0.2) is 12.8 Å². The third-order valence-electron chi connectivity index (χ3n) is 2.72. The number of nitrogens with zero attached hydrogens (tertiary/aromatic N) is 1. The molecule has 15 heavy (non-hydrogen) atoms. The number of aromatic nitrogens is 1. The van der Waals surface area contributed by atoms with Gasteiger partial charge in [0.2, 0.25) is 0 Å². The highest BCUT2D eigenvalue weighted by Gasteiger charge is 2.01. The van der Waals surface area contributed by atoms with Gasteiger partial charge in [-0.05, 0) is 42.1 Å². The Balaban J connectivity index is 0.000000853. The Morgan fingerprint density at radius 1 is 0.933 bits per heavy atom. The van der Waals surface area contributed by atoms with E-state index in [-0.39, 0.29) is 8.41 Å². The molecule has 0 aliphatic rings. The minimum absolute atomic E-state index is 0. The molecule has 0 saturated heterocycles. The number of rotatable bonds is 0. The summed E-state index contributed by atoms with van der Waals surface area (Å²) in [5, 5.41) is 1.30. The summed E-state index contributed by atoms with van der Waals surface area (Å²) < 4.78 is 2.24. The maximum absolute atomic E-state index is 2.24. The van der Waals surface area contributed by atoms with Crippen molar-refractivity contribution in [3.05, 3.63) is 54.2 Å². The molecule has 71 valence electrons. The molecular formula is C13H11BN. The number of benzene rings is 1. The van der Waals surface area contributed by atoms with Crippen LogP contribution in [0.2, 0.25) is 0 Å². The summed E-state index contributed by atoms with van der Waals surface area (Å²) in [4.78, 5) is 0. The molecule has 0 aliphatic heterocycles. The van der Waals surface area contributed by atoms with Crippen LogP contribution in [0.1, 0.15) is 5.56 Å². The van der Waals surface area contributed by atoms with Crippen LogP contribution in [0.15, 0.2) is 48.7 Å². The molecule has 3 aromatic rings. The Morgan fingerprint density at radius 2 is 1.67 bits per heavy atom. The fourth-order valence-corrected chi connectivity index (χ4v) is 2.05. The van der Waals surface area contributed by atoms with Crippen molar-refractivity contribution in [1.29, 1.82) is 0 Å². The van der Waals surface area contributed by atoms with Crippen LogP contribution in [0.25, 0.3) is 16.4 Å². The maximum Gasteiger partial charge on any atom is 0.0528 e. The van der Waals surface area contributed by atoms with Gasteiger partial charge in [-0.25, -0.2) is 0 Å². The van der Waals surface area contributed by atoms with E-state index >= 15 is 0 Å². The molecule has 3 rings (SSSR count). The Labute approximate surface area is 90.9 Å². The number of para-hydroxylation sites is 1. The maximum atomic E-state index is 2.24. The number of hydrogen-bond donors (Lipinski definition) is 0. The summed E-state index contributed by atoms with van der Waals surface area (Å²) >= 11 is 0. The first kappa shape index (κ1) is 9.84. The number of hydrogen-bond acceptors (Lipinski definition) is 0. The summed E-state index contributed by atoms with van der Waals surface area (Å²) in [7, 11) is 0. The standard InChI is InChI=1S/C13H11N.B/c1-10-9-11-5-2-3-6-13(11)14-8-4-7-12(10)14;/h2-9H,1H3;. The highest BCUT2D eigenvalue weighted by Crippen LogP contribution is 2.20. The molecule has 2 heterocycles. The molecule has 0 bridgehead atoms. The van der Waals surface area contributed by atoms with Gasteiger partial charge < -0.3 is 4.40 Å². The zero-order valence-corrected chi connectivity index (χ0v) is 8.64. The molecule has 0 fully saturated rings. The van der Waals surface area contributed by atoms with Crippen LogP contribution in [0.5, 0.6) is 0 Å². The van der Waals surface area contributed by atoms with Crippen molar-refractivity contribution in [3.63, 3.8) is 0 Å². The summed E-state index contributed by atoms with van der Waals surface area (Å²) in [5.41, 5.74) is 3.90. The van der Waals surface area contributed by atoms with Crippen LogP contribution in [0.3, 0.4) is 0 Å². The van der Waals surface area contributed by atoms with Gasteiger partial charge >= 0.3 is 0 Å². The van der Waals surface area contributed by atoms with Crippen LogP contribution >= 0.6 is 0 Å². The zero-order chi connectivity index (χ0) is 9.54. The third-order valence-corrected chi connectivity index (χ3v) is 2.72. The molecule has 0 aliphatic carbocycles. The summed E-state index contributed by atoms with van der Waals surface area (Å²) in [6, 6.07) is 15.0. The molecule has 1 nitrogen and oxygen atoms in total. The Morgan fingerprint density at radius 3 is 2.53 bits per heavy atom. The lowest BCUT2D eigenvalue weighted by atomic mass is 10.1. The van der Waals surface area contributed by atoms with E-state index in [1.807, 2.05) is 0 Å². The van der Waals surface area contributed by atoms with Crippen molar-refractivity contribution >= 4 is 24.8 Å². The van der Waals surface area contributed by atoms with Gasteiger partial charge in [-0.1, -0.05) is 18.2 Å². The predicted octanol–water partition coefficient (Wildman–Crippen LogP) is 3.02. The molecule has 0 atom stereocenters. The van der Waals surface area contributed by atoms with E-state index in [9.17, 15) is 0 Å². The first-order chi connectivity index (χ1) is 6.86. The largest absolute Gasteiger partial charge is 0.316 e. The SMILES string of the molecule is Cc1cc2ccccc2n2cccc12.[B]. The van der Waals surface area contributed by atoms with E-state index in [0.29, 0.717) is 0 Å². The topological polar surface area (TPSA) is 4.41 Å². The predicted molar refractivity (Wildman–Crippen MR) is 65.4 cm³/mol. The number of aryl methyl sites for hydroxylation is 1. The van der Waals surface area contributed by atoms with Gasteiger partial charge in [0, 0.05) is 20.1 Å². The fraction of sp³-hybridized carbons (Fsp3) is 0.0769. The second kappa shape index (κ2) is 3.46. The van der Waals surface area contributed by atoms with Gasteiger partial charge in [0.25, 0.3) is 0 Å². The molecule has 0 saturated carbocycles. The van der Waals surface area contributed by atoms with E-state index in [1.165, 1.54) is 22.0 Å². The first-order valence-corrected chi connectivity index (χ1v) is 4.82. The lowest BCUT2D eigenvalue weighted by Gasteiger charge is -2.05. The Bertz CT molecular complexity index is 610. The molecule has 0 amide bonds. The summed E-state index contributed by atoms with van der Waals surface area (Å²) in [6.45, 7) is 2.15. The number of fused-ring (bicyclic) bond motifs is 3. The van der Waals surface area contributed by atoms with Gasteiger partial charge in [-0.2, -0.15) is 0 Å². The molecule has 0 N–H and O–H groups in total. The van der Waals surface area contributed by atoms with Crippen molar-refractivity contribution < 1.29 is 0 Å². The van der Waals surface area contributed by atoms with Crippen LogP contribution < -0.4 is 0 Å². The average molecular weight is 192 g/mol. The average Bonchev–Trinajstić information content (AvgIpc) is 2.67. The minimum Gasteiger partial charge on any atom is -0.316 e. The smallest absolute Gasteiger partial charge is 0.0528 e. The quantitative estimate of drug-likeness (QED) is 0.482. The molecule has 2 heteroatoms. The fourth-order valence-electron chi connectivity index (χ4n) is 2.05. The monoisotopic (exact) mass is 192 g/mol. The van der Waals surface area contributed by atoms with Gasteiger partial charge in [0.1, 0.15) is 0 Å². The van der Waals surface area contributed by atoms with E-state index < -0.39 is 0 Å². The van der Waals surface area contributed by atoms with Crippen molar-refractivity contribution in [1.82, 2.24) is 4.40 Å². The molecule has 0 spiro atoms. The van der Waals surface area contributed by atoms with Crippen molar-refractivity contribution in [2.75, 3.05) is 0 Å². The highest BCUT2D eigenvalue weighted by molar-refractivity contribution is 5.84. The number of pyridine rings is 1. The third kappa shape index (κ3) is 1.33. The van der Waals surface area contributed by atoms with E-state index in [4.69, 9.17) is 0 Å².